The van der Waals surface area contributed by atoms with Crippen LogP contribution >= 0.6 is 0 Å². The molecule has 0 bridgehead atoms. The van der Waals surface area contributed by atoms with Gasteiger partial charge in [0.05, 0.1) is 0 Å². The van der Waals surface area contributed by atoms with E-state index in [1.807, 2.05) is 0 Å². The molecule has 16 heavy (non-hydrogen) atoms. The molecule has 0 saturated carbocycles. The molecule has 0 saturated heterocycles. The van der Waals surface area contributed by atoms with Gasteiger partial charge < -0.3 is 0 Å². The third-order valence-electron chi connectivity index (χ3n) is 2.10. The highest BCUT2D eigenvalue weighted by molar-refractivity contribution is 5.33. The van der Waals surface area contributed by atoms with Crippen molar-refractivity contribution in [2.75, 3.05) is 0 Å². The van der Waals surface area contributed by atoms with Gasteiger partial charge in [0.25, 0.3) is 0 Å². The maximum atomic E-state index is 12.5. The van der Waals surface area contributed by atoms with Crippen molar-refractivity contribution in [3.05, 3.63) is 29.1 Å². The summed E-state index contributed by atoms with van der Waals surface area (Å²) in [5.41, 5.74) is -1.23. The lowest BCUT2D eigenvalue weighted by atomic mass is 9.87. The molecular formula is C11H11F3N2. The maximum Gasteiger partial charge on any atom is 0.433 e. The van der Waals surface area contributed by atoms with E-state index < -0.39 is 17.3 Å². The Bertz CT molecular complexity index is 404. The number of aromatic nitrogens is 1. The molecule has 0 aliphatic rings. The minimum absolute atomic E-state index is 0.209. The van der Waals surface area contributed by atoms with Crippen LogP contribution in [0.2, 0.25) is 0 Å². The van der Waals surface area contributed by atoms with Crippen LogP contribution in [0.5, 0.6) is 0 Å². The zero-order valence-corrected chi connectivity index (χ0v) is 9.18. The molecule has 0 unspecified atom stereocenters. The third-order valence-corrected chi connectivity index (χ3v) is 2.10. The number of nitriles is 1. The molecule has 0 spiro atoms. The van der Waals surface area contributed by atoms with Gasteiger partial charge in [-0.25, -0.2) is 4.98 Å². The van der Waals surface area contributed by atoms with Gasteiger partial charge in [-0.05, 0) is 23.1 Å². The Morgan fingerprint density at radius 1 is 1.19 bits per heavy atom. The van der Waals surface area contributed by atoms with E-state index in [-0.39, 0.29) is 5.69 Å². The number of nitrogens with zero attached hydrogens (tertiary/aromatic N) is 2. The highest BCUT2D eigenvalue weighted by Crippen LogP contribution is 2.31. The molecule has 5 heteroatoms. The van der Waals surface area contributed by atoms with Gasteiger partial charge in [-0.1, -0.05) is 20.8 Å². The smallest absolute Gasteiger partial charge is 0.233 e. The maximum absolute atomic E-state index is 12.5. The molecule has 0 aliphatic heterocycles. The molecule has 0 N–H and O–H groups in total. The fourth-order valence-corrected chi connectivity index (χ4v) is 1.17. The van der Waals surface area contributed by atoms with Gasteiger partial charge in [-0.15, -0.1) is 0 Å². The normalized spacial score (nSPS) is 12.3. The van der Waals surface area contributed by atoms with Gasteiger partial charge in [0.2, 0.25) is 0 Å². The average molecular weight is 228 g/mol. The summed E-state index contributed by atoms with van der Waals surface area (Å²) in [6, 6.07) is 4.01. The Labute approximate surface area is 91.7 Å². The van der Waals surface area contributed by atoms with Crippen molar-refractivity contribution in [2.24, 2.45) is 0 Å². The second-order valence-corrected chi connectivity index (χ2v) is 4.49. The molecule has 0 aliphatic carbocycles. The summed E-state index contributed by atoms with van der Waals surface area (Å²) in [4.78, 5) is 3.25. The van der Waals surface area contributed by atoms with Crippen molar-refractivity contribution in [1.29, 1.82) is 5.26 Å². The van der Waals surface area contributed by atoms with Gasteiger partial charge in [-0.2, -0.15) is 18.4 Å². The first-order valence-electron chi connectivity index (χ1n) is 4.64. The van der Waals surface area contributed by atoms with Crippen LogP contribution in [0.3, 0.4) is 0 Å². The van der Waals surface area contributed by atoms with Crippen molar-refractivity contribution in [3.63, 3.8) is 0 Å². The van der Waals surface area contributed by atoms with Crippen LogP contribution in [-0.2, 0) is 11.6 Å². The molecule has 2 nitrogen and oxygen atoms in total. The van der Waals surface area contributed by atoms with Crippen LogP contribution in [0, 0.1) is 11.3 Å². The molecule has 0 atom stereocenters. The van der Waals surface area contributed by atoms with Crippen molar-refractivity contribution in [1.82, 2.24) is 4.98 Å². The lowest BCUT2D eigenvalue weighted by Crippen LogP contribution is -2.16. The molecule has 1 rings (SSSR count). The number of hydrogen-bond donors (Lipinski definition) is 0. The quantitative estimate of drug-likeness (QED) is 0.683. The van der Waals surface area contributed by atoms with Crippen LogP contribution in [0.1, 0.15) is 37.7 Å². The summed E-state index contributed by atoms with van der Waals surface area (Å²) in [6.45, 7) is 5.34. The van der Waals surface area contributed by atoms with E-state index in [4.69, 9.17) is 5.26 Å². The van der Waals surface area contributed by atoms with E-state index in [0.29, 0.717) is 5.56 Å². The number of pyridine rings is 1. The van der Waals surface area contributed by atoms with E-state index in [9.17, 15) is 13.2 Å². The molecule has 0 amide bonds. The molecule has 1 heterocycles. The Morgan fingerprint density at radius 2 is 1.75 bits per heavy atom. The predicted molar refractivity (Wildman–Crippen MR) is 52.7 cm³/mol. The molecular weight excluding hydrogens is 217 g/mol. The van der Waals surface area contributed by atoms with E-state index in [0.717, 1.165) is 6.07 Å². The first-order chi connectivity index (χ1) is 7.14. The van der Waals surface area contributed by atoms with Gasteiger partial charge in [0.15, 0.2) is 0 Å². The van der Waals surface area contributed by atoms with E-state index in [1.54, 1.807) is 26.8 Å². The summed E-state index contributed by atoms with van der Waals surface area (Å²) in [5, 5.41) is 8.64. The lowest BCUT2D eigenvalue weighted by Gasteiger charge is -2.20. The number of rotatable bonds is 0. The Balaban J connectivity index is 3.41. The summed E-state index contributed by atoms with van der Waals surface area (Å²) < 4.78 is 37.5. The van der Waals surface area contributed by atoms with Crippen molar-refractivity contribution in [3.8, 4) is 6.07 Å². The van der Waals surface area contributed by atoms with Crippen molar-refractivity contribution in [2.45, 2.75) is 32.4 Å². The molecule has 0 fully saturated rings. The second-order valence-electron chi connectivity index (χ2n) is 4.49. The summed E-state index contributed by atoms with van der Waals surface area (Å²) >= 11 is 0. The van der Waals surface area contributed by atoms with E-state index >= 15 is 0 Å². The van der Waals surface area contributed by atoms with Gasteiger partial charge in [0.1, 0.15) is 17.5 Å². The van der Waals surface area contributed by atoms with Gasteiger partial charge in [-0.3, -0.25) is 0 Å². The summed E-state index contributed by atoms with van der Waals surface area (Å²) in [5.74, 6) is 0. The third kappa shape index (κ3) is 2.72. The summed E-state index contributed by atoms with van der Waals surface area (Å²) in [7, 11) is 0. The molecule has 0 aromatic carbocycles. The molecule has 86 valence electrons. The van der Waals surface area contributed by atoms with Crippen molar-refractivity contribution >= 4 is 0 Å². The topological polar surface area (TPSA) is 36.7 Å². The molecule has 1 aromatic heterocycles. The highest BCUT2D eigenvalue weighted by atomic mass is 19.4. The second kappa shape index (κ2) is 3.78. The van der Waals surface area contributed by atoms with Crippen LogP contribution in [0.4, 0.5) is 13.2 Å². The van der Waals surface area contributed by atoms with Crippen LogP contribution in [-0.4, -0.2) is 4.98 Å². The van der Waals surface area contributed by atoms with Gasteiger partial charge >= 0.3 is 6.18 Å². The highest BCUT2D eigenvalue weighted by Gasteiger charge is 2.34. The number of alkyl halides is 3. The first kappa shape index (κ1) is 12.5. The SMILES string of the molecule is CC(C)(C)c1cc(C#N)nc(C(F)(F)F)c1. The van der Waals surface area contributed by atoms with Crippen LogP contribution < -0.4 is 0 Å². The van der Waals surface area contributed by atoms with Crippen molar-refractivity contribution < 1.29 is 13.2 Å². The van der Waals surface area contributed by atoms with Gasteiger partial charge in [0, 0.05) is 0 Å². The summed E-state index contributed by atoms with van der Waals surface area (Å²) in [6.07, 6.45) is -4.52. The van der Waals surface area contributed by atoms with E-state index in [2.05, 4.69) is 4.98 Å². The predicted octanol–water partition coefficient (Wildman–Crippen LogP) is 3.27. The minimum atomic E-state index is -4.52. The molecule has 1 aromatic rings. The first-order valence-corrected chi connectivity index (χ1v) is 4.64. The van der Waals surface area contributed by atoms with Crippen LogP contribution in [0.15, 0.2) is 12.1 Å². The Morgan fingerprint density at radius 3 is 2.12 bits per heavy atom. The lowest BCUT2D eigenvalue weighted by molar-refractivity contribution is -0.141. The monoisotopic (exact) mass is 228 g/mol. The van der Waals surface area contributed by atoms with Crippen LogP contribution in [0.25, 0.3) is 0 Å². The number of hydrogen-bond acceptors (Lipinski definition) is 2. The average Bonchev–Trinajstić information content (AvgIpc) is 2.14. The minimum Gasteiger partial charge on any atom is -0.233 e. The standard InChI is InChI=1S/C11H11F3N2/c1-10(2,3)7-4-8(6-15)16-9(5-7)11(12,13)14/h4-5H,1-3H3. The zero-order valence-electron chi connectivity index (χ0n) is 9.18. The molecule has 0 radical (unpaired) electrons. The number of halogens is 3. The zero-order chi connectivity index (χ0) is 12.6. The fourth-order valence-electron chi connectivity index (χ4n) is 1.17. The largest absolute Gasteiger partial charge is 0.433 e. The Hall–Kier alpha value is -1.57. The fraction of sp³-hybridized carbons (Fsp3) is 0.455. The van der Waals surface area contributed by atoms with E-state index in [1.165, 1.54) is 6.07 Å². The Kier molecular flexibility index (Phi) is 2.95.